The maximum Gasteiger partial charge on any atom is 0.337 e. The summed E-state index contributed by atoms with van der Waals surface area (Å²) in [5, 5.41) is 9.44. The molecule has 2 rings (SSSR count). The minimum Gasteiger partial charge on any atom is -0.465 e. The average molecular weight is 226 g/mol. The zero-order valence-electron chi connectivity index (χ0n) is 9.23. The van der Waals surface area contributed by atoms with Crippen LogP contribution in [0.2, 0.25) is 0 Å². The summed E-state index contributed by atoms with van der Waals surface area (Å²) in [6.45, 7) is 0. The number of ether oxygens (including phenoxy) is 1. The Balaban J connectivity index is 2.49. The highest BCUT2D eigenvalue weighted by atomic mass is 16.5. The number of aromatic nitrogens is 1. The lowest BCUT2D eigenvalue weighted by Gasteiger charge is -1.99. The molecular weight excluding hydrogens is 216 g/mol. The molecule has 1 N–H and O–H groups in total. The summed E-state index contributed by atoms with van der Waals surface area (Å²) in [5.74, 6) is -0.365. The SMILES string of the molecule is COC(=O)c1ccc2c(C=CC#N)c[nH]c2c1. The van der Waals surface area contributed by atoms with E-state index in [9.17, 15) is 4.79 Å². The number of hydrogen-bond acceptors (Lipinski definition) is 3. The van der Waals surface area contributed by atoms with Gasteiger partial charge in [-0.2, -0.15) is 5.26 Å². The summed E-state index contributed by atoms with van der Waals surface area (Å²) in [6.07, 6.45) is 4.92. The van der Waals surface area contributed by atoms with Gasteiger partial charge in [-0.05, 0) is 18.2 Å². The highest BCUT2D eigenvalue weighted by Gasteiger charge is 2.07. The third-order valence-electron chi connectivity index (χ3n) is 2.47. The predicted molar refractivity (Wildman–Crippen MR) is 64.3 cm³/mol. The van der Waals surface area contributed by atoms with E-state index in [2.05, 4.69) is 9.72 Å². The number of esters is 1. The van der Waals surface area contributed by atoms with Gasteiger partial charge >= 0.3 is 5.97 Å². The zero-order valence-corrected chi connectivity index (χ0v) is 9.23. The van der Waals surface area contributed by atoms with Crippen molar-refractivity contribution in [1.82, 2.24) is 4.98 Å². The van der Waals surface area contributed by atoms with Gasteiger partial charge in [0.05, 0.1) is 18.7 Å². The number of nitrogens with one attached hydrogen (secondary N) is 1. The molecule has 17 heavy (non-hydrogen) atoms. The molecule has 0 atom stereocenters. The molecule has 0 aliphatic carbocycles. The van der Waals surface area contributed by atoms with Gasteiger partial charge < -0.3 is 9.72 Å². The second-order valence-corrected chi connectivity index (χ2v) is 3.46. The third kappa shape index (κ3) is 2.04. The Labute approximate surface area is 98.1 Å². The van der Waals surface area contributed by atoms with E-state index in [-0.39, 0.29) is 5.97 Å². The molecule has 0 saturated carbocycles. The highest BCUT2D eigenvalue weighted by molar-refractivity contribution is 5.97. The molecular formula is C13H10N2O2. The normalized spacial score (nSPS) is 10.6. The molecule has 0 radical (unpaired) electrons. The van der Waals surface area contributed by atoms with E-state index in [4.69, 9.17) is 5.26 Å². The van der Waals surface area contributed by atoms with Crippen LogP contribution in [0.25, 0.3) is 17.0 Å². The van der Waals surface area contributed by atoms with E-state index in [0.717, 1.165) is 16.5 Å². The number of fused-ring (bicyclic) bond motifs is 1. The molecule has 0 spiro atoms. The zero-order chi connectivity index (χ0) is 12.3. The molecule has 1 heterocycles. The number of aromatic amines is 1. The van der Waals surface area contributed by atoms with Gasteiger partial charge in [0.1, 0.15) is 0 Å². The minimum absolute atomic E-state index is 0.365. The molecule has 0 aliphatic heterocycles. The van der Waals surface area contributed by atoms with E-state index < -0.39 is 0 Å². The fraction of sp³-hybridized carbons (Fsp3) is 0.0769. The number of methoxy groups -OCH3 is 1. The standard InChI is InChI=1S/C13H10N2O2/c1-17-13(16)9-4-5-11-10(3-2-6-14)8-15-12(11)7-9/h2-5,7-8,15H,1H3. The first kappa shape index (κ1) is 11.0. The molecule has 4 heteroatoms. The largest absolute Gasteiger partial charge is 0.465 e. The number of hydrogen-bond donors (Lipinski definition) is 1. The van der Waals surface area contributed by atoms with Crippen molar-refractivity contribution in [3.05, 3.63) is 41.6 Å². The van der Waals surface area contributed by atoms with Gasteiger partial charge in [0.15, 0.2) is 0 Å². The van der Waals surface area contributed by atoms with Gasteiger partial charge in [-0.15, -0.1) is 0 Å². The Hall–Kier alpha value is -2.54. The van der Waals surface area contributed by atoms with Crippen molar-refractivity contribution in [2.75, 3.05) is 7.11 Å². The van der Waals surface area contributed by atoms with Crippen molar-refractivity contribution < 1.29 is 9.53 Å². The number of allylic oxidation sites excluding steroid dienone is 1. The Morgan fingerprint density at radius 2 is 2.35 bits per heavy atom. The van der Waals surface area contributed by atoms with Crippen molar-refractivity contribution in [2.24, 2.45) is 0 Å². The second-order valence-electron chi connectivity index (χ2n) is 3.46. The van der Waals surface area contributed by atoms with Gasteiger partial charge in [0.25, 0.3) is 0 Å². The van der Waals surface area contributed by atoms with Gasteiger partial charge in [-0.1, -0.05) is 6.07 Å². The van der Waals surface area contributed by atoms with Gasteiger partial charge in [0.2, 0.25) is 0 Å². The topological polar surface area (TPSA) is 65.9 Å². The van der Waals surface area contributed by atoms with Gasteiger partial charge in [0, 0.05) is 28.7 Å². The lowest BCUT2D eigenvalue weighted by atomic mass is 10.1. The number of H-pyrrole nitrogens is 1. The first-order valence-corrected chi connectivity index (χ1v) is 5.02. The molecule has 0 saturated heterocycles. The fourth-order valence-corrected chi connectivity index (χ4v) is 1.66. The molecule has 0 aliphatic rings. The molecule has 2 aromatic rings. The number of nitrogens with zero attached hydrogens (tertiary/aromatic N) is 1. The lowest BCUT2D eigenvalue weighted by molar-refractivity contribution is 0.0601. The van der Waals surface area contributed by atoms with E-state index in [1.807, 2.05) is 12.1 Å². The Morgan fingerprint density at radius 1 is 1.53 bits per heavy atom. The number of nitriles is 1. The summed E-state index contributed by atoms with van der Waals surface area (Å²) >= 11 is 0. The average Bonchev–Trinajstić information content (AvgIpc) is 2.77. The first-order chi connectivity index (χ1) is 8.26. The summed E-state index contributed by atoms with van der Waals surface area (Å²) in [4.78, 5) is 14.4. The van der Waals surface area contributed by atoms with E-state index in [1.54, 1.807) is 24.4 Å². The maximum atomic E-state index is 11.3. The molecule has 1 aromatic carbocycles. The summed E-state index contributed by atoms with van der Waals surface area (Å²) < 4.78 is 4.65. The van der Waals surface area contributed by atoms with E-state index in [1.165, 1.54) is 13.2 Å². The highest BCUT2D eigenvalue weighted by Crippen LogP contribution is 2.21. The monoisotopic (exact) mass is 226 g/mol. The van der Waals surface area contributed by atoms with Crippen molar-refractivity contribution >= 4 is 22.9 Å². The van der Waals surface area contributed by atoms with Crippen LogP contribution in [0.3, 0.4) is 0 Å². The van der Waals surface area contributed by atoms with Crippen LogP contribution < -0.4 is 0 Å². The summed E-state index contributed by atoms with van der Waals surface area (Å²) in [6, 6.07) is 7.20. The van der Waals surface area contributed by atoms with Crippen LogP contribution in [-0.4, -0.2) is 18.1 Å². The Kier molecular flexibility index (Phi) is 2.93. The smallest absolute Gasteiger partial charge is 0.337 e. The third-order valence-corrected chi connectivity index (χ3v) is 2.47. The second kappa shape index (κ2) is 4.54. The van der Waals surface area contributed by atoms with Crippen LogP contribution in [0, 0.1) is 11.3 Å². The first-order valence-electron chi connectivity index (χ1n) is 5.02. The quantitative estimate of drug-likeness (QED) is 0.632. The lowest BCUT2D eigenvalue weighted by Crippen LogP contribution is -2.00. The molecule has 84 valence electrons. The minimum atomic E-state index is -0.365. The van der Waals surface area contributed by atoms with Crippen LogP contribution in [-0.2, 0) is 4.74 Å². The number of rotatable bonds is 2. The molecule has 0 fully saturated rings. The van der Waals surface area contributed by atoms with Crippen LogP contribution >= 0.6 is 0 Å². The van der Waals surface area contributed by atoms with Crippen molar-refractivity contribution in [3.8, 4) is 6.07 Å². The van der Waals surface area contributed by atoms with Crippen LogP contribution in [0.5, 0.6) is 0 Å². The van der Waals surface area contributed by atoms with Gasteiger partial charge in [-0.25, -0.2) is 4.79 Å². The van der Waals surface area contributed by atoms with Crippen molar-refractivity contribution in [1.29, 1.82) is 5.26 Å². The maximum absolute atomic E-state index is 11.3. The van der Waals surface area contributed by atoms with Crippen molar-refractivity contribution in [3.63, 3.8) is 0 Å². The Morgan fingerprint density at radius 3 is 3.06 bits per heavy atom. The van der Waals surface area contributed by atoms with Crippen LogP contribution in [0.15, 0.2) is 30.5 Å². The number of carbonyl (C=O) groups excluding carboxylic acids is 1. The summed E-state index contributed by atoms with van der Waals surface area (Å²) in [5.41, 5.74) is 2.25. The number of benzene rings is 1. The Bertz CT molecular complexity index is 632. The molecule has 0 unspecified atom stereocenters. The van der Waals surface area contributed by atoms with Crippen molar-refractivity contribution in [2.45, 2.75) is 0 Å². The van der Waals surface area contributed by atoms with Crippen LogP contribution in [0.4, 0.5) is 0 Å². The van der Waals surface area contributed by atoms with Crippen LogP contribution in [0.1, 0.15) is 15.9 Å². The van der Waals surface area contributed by atoms with Gasteiger partial charge in [-0.3, -0.25) is 0 Å². The van der Waals surface area contributed by atoms with E-state index >= 15 is 0 Å². The van der Waals surface area contributed by atoms with E-state index in [0.29, 0.717) is 5.56 Å². The molecule has 0 bridgehead atoms. The fourth-order valence-electron chi connectivity index (χ4n) is 1.66. The number of carbonyl (C=O) groups is 1. The molecule has 0 amide bonds. The molecule has 1 aromatic heterocycles. The molecule has 4 nitrogen and oxygen atoms in total. The summed E-state index contributed by atoms with van der Waals surface area (Å²) in [7, 11) is 1.35. The predicted octanol–water partition coefficient (Wildman–Crippen LogP) is 2.49.